The summed E-state index contributed by atoms with van der Waals surface area (Å²) in [5.74, 6) is -0.430. The lowest BCUT2D eigenvalue weighted by Gasteiger charge is -2.18. The Labute approximate surface area is 75.0 Å². The fourth-order valence-corrected chi connectivity index (χ4v) is 1.62. The fraction of sp³-hybridized carbons (Fsp3) is 0.900. The maximum absolute atomic E-state index is 10.8. The van der Waals surface area contributed by atoms with E-state index < -0.39 is 5.97 Å². The Morgan fingerprint density at radius 1 is 1.25 bits per heavy atom. The first-order valence-corrected chi connectivity index (χ1v) is 4.86. The van der Waals surface area contributed by atoms with Crippen molar-refractivity contribution in [2.24, 2.45) is 11.8 Å². The minimum Gasteiger partial charge on any atom is -0.481 e. The van der Waals surface area contributed by atoms with Crippen LogP contribution in [-0.2, 0) is 4.79 Å². The van der Waals surface area contributed by atoms with Gasteiger partial charge in [0.05, 0.1) is 5.92 Å². The van der Waals surface area contributed by atoms with Gasteiger partial charge in [0.2, 0.25) is 0 Å². The van der Waals surface area contributed by atoms with Gasteiger partial charge in [0, 0.05) is 0 Å². The second-order valence-electron chi connectivity index (χ2n) is 3.50. The summed E-state index contributed by atoms with van der Waals surface area (Å²) in [4.78, 5) is 10.8. The lowest BCUT2D eigenvalue weighted by molar-refractivity contribution is -0.143. The van der Waals surface area contributed by atoms with Crippen molar-refractivity contribution in [3.8, 4) is 0 Å². The van der Waals surface area contributed by atoms with E-state index in [1.54, 1.807) is 0 Å². The maximum Gasteiger partial charge on any atom is 0.306 e. The van der Waals surface area contributed by atoms with Gasteiger partial charge in [-0.2, -0.15) is 0 Å². The first-order chi connectivity index (χ1) is 5.63. The quantitative estimate of drug-likeness (QED) is 0.668. The molecule has 0 aliphatic carbocycles. The minimum absolute atomic E-state index is 0.130. The van der Waals surface area contributed by atoms with Crippen LogP contribution in [-0.4, -0.2) is 11.1 Å². The molecule has 0 aromatic heterocycles. The smallest absolute Gasteiger partial charge is 0.306 e. The molecule has 0 spiro atoms. The molecule has 0 aliphatic heterocycles. The predicted octanol–water partition coefficient (Wildman–Crippen LogP) is 2.92. The van der Waals surface area contributed by atoms with E-state index in [0.29, 0.717) is 5.92 Å². The van der Waals surface area contributed by atoms with Crippen molar-refractivity contribution in [3.05, 3.63) is 0 Å². The van der Waals surface area contributed by atoms with Crippen LogP contribution in [0.25, 0.3) is 0 Å². The highest BCUT2D eigenvalue weighted by Gasteiger charge is 2.22. The van der Waals surface area contributed by atoms with Gasteiger partial charge in [-0.05, 0) is 12.3 Å². The zero-order valence-electron chi connectivity index (χ0n) is 8.34. The van der Waals surface area contributed by atoms with Crippen LogP contribution in [0.15, 0.2) is 0 Å². The fourth-order valence-electron chi connectivity index (χ4n) is 1.62. The van der Waals surface area contributed by atoms with Gasteiger partial charge in [-0.3, -0.25) is 4.79 Å². The van der Waals surface area contributed by atoms with Crippen molar-refractivity contribution in [1.29, 1.82) is 0 Å². The molecule has 0 aromatic carbocycles. The topological polar surface area (TPSA) is 37.3 Å². The van der Waals surface area contributed by atoms with Crippen molar-refractivity contribution in [2.75, 3.05) is 0 Å². The summed E-state index contributed by atoms with van der Waals surface area (Å²) >= 11 is 0. The Hall–Kier alpha value is -0.530. The van der Waals surface area contributed by atoms with E-state index in [1.165, 1.54) is 0 Å². The van der Waals surface area contributed by atoms with Crippen molar-refractivity contribution >= 4 is 5.97 Å². The number of hydrogen-bond donors (Lipinski definition) is 1. The molecule has 0 aliphatic rings. The molecule has 0 fully saturated rings. The third-order valence-corrected chi connectivity index (χ3v) is 2.35. The molecule has 0 heterocycles. The monoisotopic (exact) mass is 172 g/mol. The second-order valence-corrected chi connectivity index (χ2v) is 3.50. The molecule has 0 amide bonds. The molecule has 0 aromatic rings. The van der Waals surface area contributed by atoms with Gasteiger partial charge in [0.15, 0.2) is 0 Å². The zero-order chi connectivity index (χ0) is 9.56. The third kappa shape index (κ3) is 3.74. The molecule has 0 rings (SSSR count). The maximum atomic E-state index is 10.8. The summed E-state index contributed by atoms with van der Waals surface area (Å²) in [5, 5.41) is 8.90. The number of carboxylic acid groups (broad SMARTS) is 1. The van der Waals surface area contributed by atoms with Gasteiger partial charge in [-0.1, -0.05) is 40.0 Å². The van der Waals surface area contributed by atoms with E-state index in [1.807, 2.05) is 13.8 Å². The molecule has 0 radical (unpaired) electrons. The van der Waals surface area contributed by atoms with Gasteiger partial charge in [-0.25, -0.2) is 0 Å². The number of hydrogen-bond acceptors (Lipinski definition) is 1. The lowest BCUT2D eigenvalue weighted by atomic mass is 9.87. The summed E-state index contributed by atoms with van der Waals surface area (Å²) in [6.07, 6.45) is 3.88. The first kappa shape index (κ1) is 11.5. The van der Waals surface area contributed by atoms with Gasteiger partial charge >= 0.3 is 5.97 Å². The zero-order valence-corrected chi connectivity index (χ0v) is 8.34. The molecule has 1 N–H and O–H groups in total. The van der Waals surface area contributed by atoms with Crippen LogP contribution in [0.5, 0.6) is 0 Å². The largest absolute Gasteiger partial charge is 0.481 e. The molecule has 2 atom stereocenters. The molecule has 0 saturated heterocycles. The predicted molar refractivity (Wildman–Crippen MR) is 50.1 cm³/mol. The van der Waals surface area contributed by atoms with Crippen LogP contribution in [0.1, 0.15) is 46.5 Å². The van der Waals surface area contributed by atoms with Crippen LogP contribution in [0.4, 0.5) is 0 Å². The molecule has 0 saturated carbocycles. The van der Waals surface area contributed by atoms with E-state index in [-0.39, 0.29) is 5.92 Å². The second kappa shape index (κ2) is 6.04. The molecular formula is C10H20O2. The average Bonchev–Trinajstić information content (AvgIpc) is 1.99. The van der Waals surface area contributed by atoms with E-state index in [2.05, 4.69) is 6.92 Å². The molecule has 0 bridgehead atoms. The minimum atomic E-state index is -0.627. The van der Waals surface area contributed by atoms with E-state index in [9.17, 15) is 4.79 Å². The number of rotatable bonds is 6. The molecule has 2 heteroatoms. The van der Waals surface area contributed by atoms with Crippen molar-refractivity contribution < 1.29 is 9.90 Å². The van der Waals surface area contributed by atoms with Crippen molar-refractivity contribution in [3.63, 3.8) is 0 Å². The molecule has 72 valence electrons. The lowest BCUT2D eigenvalue weighted by Crippen LogP contribution is -2.21. The molecule has 2 nitrogen and oxygen atoms in total. The number of aliphatic carboxylic acids is 1. The Kier molecular flexibility index (Phi) is 5.77. The van der Waals surface area contributed by atoms with E-state index in [0.717, 1.165) is 25.7 Å². The highest BCUT2D eigenvalue weighted by atomic mass is 16.4. The summed E-state index contributed by atoms with van der Waals surface area (Å²) in [6.45, 7) is 6.17. The van der Waals surface area contributed by atoms with Gasteiger partial charge in [0.1, 0.15) is 0 Å². The molecular weight excluding hydrogens is 152 g/mol. The highest BCUT2D eigenvalue weighted by molar-refractivity contribution is 5.70. The van der Waals surface area contributed by atoms with Gasteiger partial charge < -0.3 is 5.11 Å². The van der Waals surface area contributed by atoms with E-state index >= 15 is 0 Å². The van der Waals surface area contributed by atoms with E-state index in [4.69, 9.17) is 5.11 Å². The Morgan fingerprint density at radius 2 is 1.75 bits per heavy atom. The van der Waals surface area contributed by atoms with Crippen LogP contribution in [0.3, 0.4) is 0 Å². The Balaban J connectivity index is 3.99. The van der Waals surface area contributed by atoms with Crippen molar-refractivity contribution in [2.45, 2.75) is 46.5 Å². The van der Waals surface area contributed by atoms with Gasteiger partial charge in [0.25, 0.3) is 0 Å². The summed E-state index contributed by atoms with van der Waals surface area (Å²) in [5.41, 5.74) is 0. The standard InChI is InChI=1S/C10H20O2/c1-4-6-8(3)9(7-5-2)10(11)12/h8-9H,4-7H2,1-3H3,(H,11,12). The van der Waals surface area contributed by atoms with Crippen LogP contribution < -0.4 is 0 Å². The van der Waals surface area contributed by atoms with Crippen molar-refractivity contribution in [1.82, 2.24) is 0 Å². The SMILES string of the molecule is CCCC(C)C(CCC)C(=O)O. The summed E-state index contributed by atoms with van der Waals surface area (Å²) in [7, 11) is 0. The summed E-state index contributed by atoms with van der Waals surface area (Å²) < 4.78 is 0. The summed E-state index contributed by atoms with van der Waals surface area (Å²) in [6, 6.07) is 0. The van der Waals surface area contributed by atoms with Crippen LogP contribution in [0, 0.1) is 11.8 Å². The van der Waals surface area contributed by atoms with Crippen LogP contribution >= 0.6 is 0 Å². The number of carboxylic acids is 1. The van der Waals surface area contributed by atoms with Gasteiger partial charge in [-0.15, -0.1) is 0 Å². The first-order valence-electron chi connectivity index (χ1n) is 4.86. The third-order valence-electron chi connectivity index (χ3n) is 2.35. The molecule has 2 unspecified atom stereocenters. The Morgan fingerprint density at radius 3 is 2.08 bits per heavy atom. The highest BCUT2D eigenvalue weighted by Crippen LogP contribution is 2.21. The normalized spacial score (nSPS) is 15.6. The molecule has 12 heavy (non-hydrogen) atoms. The van der Waals surface area contributed by atoms with Crippen LogP contribution in [0.2, 0.25) is 0 Å². The average molecular weight is 172 g/mol. The Bertz CT molecular complexity index is 132. The number of carbonyl (C=O) groups is 1.